The van der Waals surface area contributed by atoms with Crippen LogP contribution in [0.25, 0.3) is 0 Å². The summed E-state index contributed by atoms with van der Waals surface area (Å²) in [5.74, 6) is 1.63. The summed E-state index contributed by atoms with van der Waals surface area (Å²) in [7, 11) is 1.42. The monoisotopic (exact) mass is 443 g/mol. The van der Waals surface area contributed by atoms with E-state index in [1.807, 2.05) is 6.07 Å². The molecule has 0 aliphatic heterocycles. The van der Waals surface area contributed by atoms with E-state index in [-0.39, 0.29) is 34.5 Å². The molecule has 32 heavy (non-hydrogen) atoms. The van der Waals surface area contributed by atoms with Gasteiger partial charge in [0.15, 0.2) is 0 Å². The molecule has 0 aromatic carbocycles. The number of alkyl carbamates (subject to hydrolysis) is 1. The van der Waals surface area contributed by atoms with Crippen molar-refractivity contribution in [3.63, 3.8) is 0 Å². The number of amides is 1. The van der Waals surface area contributed by atoms with Gasteiger partial charge in [-0.1, -0.05) is 13.8 Å². The van der Waals surface area contributed by atoms with Crippen molar-refractivity contribution in [1.29, 1.82) is 0 Å². The Kier molecular flexibility index (Phi) is 5.23. The maximum atomic E-state index is 12.3. The van der Waals surface area contributed by atoms with E-state index in [0.29, 0.717) is 17.8 Å². The number of hydrogen-bond acceptors (Lipinski definition) is 5. The lowest BCUT2D eigenvalue weighted by molar-refractivity contribution is -0.202. The first-order valence-electron chi connectivity index (χ1n) is 12.4. The normalized spacial score (nSPS) is 45.3. The number of aliphatic hydroxyl groups is 1. The van der Waals surface area contributed by atoms with Crippen LogP contribution in [0.15, 0.2) is 27.6 Å². The maximum absolute atomic E-state index is 12.3. The van der Waals surface area contributed by atoms with E-state index < -0.39 is 5.60 Å². The highest BCUT2D eigenvalue weighted by Gasteiger charge is 2.67. The van der Waals surface area contributed by atoms with Crippen molar-refractivity contribution in [3.8, 4) is 0 Å². The second kappa shape index (κ2) is 7.61. The molecule has 1 heterocycles. The number of carbonyl (C=O) groups excluding carboxylic acids is 1. The van der Waals surface area contributed by atoms with Gasteiger partial charge in [-0.05, 0) is 98.5 Å². The Bertz CT molecular complexity index is 924. The quantitative estimate of drug-likeness (QED) is 0.697. The number of carbonyl (C=O) groups is 1. The fourth-order valence-corrected chi connectivity index (χ4v) is 8.68. The van der Waals surface area contributed by atoms with E-state index in [4.69, 9.17) is 9.15 Å². The molecule has 0 saturated heterocycles. The third-order valence-corrected chi connectivity index (χ3v) is 10.5. The van der Waals surface area contributed by atoms with E-state index >= 15 is 0 Å². The second-order valence-electron chi connectivity index (χ2n) is 11.5. The summed E-state index contributed by atoms with van der Waals surface area (Å²) in [5, 5.41) is 15.3. The summed E-state index contributed by atoms with van der Waals surface area (Å²) in [6, 6.07) is 3.60. The van der Waals surface area contributed by atoms with Crippen molar-refractivity contribution >= 4 is 6.09 Å². The molecule has 0 bridgehead atoms. The molecule has 0 radical (unpaired) electrons. The van der Waals surface area contributed by atoms with Gasteiger partial charge in [0.25, 0.3) is 0 Å². The molecule has 4 aliphatic carbocycles. The van der Waals surface area contributed by atoms with Crippen molar-refractivity contribution in [2.24, 2.45) is 28.6 Å². The smallest absolute Gasteiger partial charge is 0.407 e. The summed E-state index contributed by atoms with van der Waals surface area (Å²) >= 11 is 0. The molecule has 1 aromatic rings. The fraction of sp³-hybridized carbons (Fsp3) is 0.769. The Hall–Kier alpha value is -1.82. The van der Waals surface area contributed by atoms with Gasteiger partial charge >= 0.3 is 11.7 Å². The summed E-state index contributed by atoms with van der Waals surface area (Å²) in [5.41, 5.74) is 0.0775. The van der Waals surface area contributed by atoms with Gasteiger partial charge in [-0.2, -0.15) is 0 Å². The molecular formula is C26H37NO5. The molecule has 4 fully saturated rings. The van der Waals surface area contributed by atoms with Crippen molar-refractivity contribution in [3.05, 3.63) is 34.4 Å². The van der Waals surface area contributed by atoms with Crippen molar-refractivity contribution < 1.29 is 19.1 Å². The number of methoxy groups -OCH3 is 1. The van der Waals surface area contributed by atoms with Crippen LogP contribution in [0.1, 0.15) is 83.1 Å². The molecule has 6 nitrogen and oxygen atoms in total. The predicted molar refractivity (Wildman–Crippen MR) is 120 cm³/mol. The lowest BCUT2D eigenvalue weighted by atomic mass is 9.43. The second-order valence-corrected chi connectivity index (χ2v) is 11.5. The Morgan fingerprint density at radius 3 is 2.62 bits per heavy atom. The van der Waals surface area contributed by atoms with Crippen LogP contribution < -0.4 is 10.9 Å². The van der Waals surface area contributed by atoms with Crippen LogP contribution in [0.2, 0.25) is 0 Å². The molecule has 0 spiro atoms. The van der Waals surface area contributed by atoms with Crippen molar-refractivity contribution in [2.45, 2.75) is 89.2 Å². The zero-order valence-electron chi connectivity index (χ0n) is 19.6. The largest absolute Gasteiger partial charge is 0.453 e. The summed E-state index contributed by atoms with van der Waals surface area (Å²) in [6.45, 7) is 4.73. The van der Waals surface area contributed by atoms with Crippen molar-refractivity contribution in [1.82, 2.24) is 5.32 Å². The molecule has 2 N–H and O–H groups in total. The highest BCUT2D eigenvalue weighted by molar-refractivity contribution is 5.67. The van der Waals surface area contributed by atoms with Crippen LogP contribution in [-0.2, 0) is 4.74 Å². The first-order valence-corrected chi connectivity index (χ1v) is 12.4. The Labute approximate surface area is 190 Å². The van der Waals surface area contributed by atoms with E-state index in [2.05, 4.69) is 19.2 Å². The van der Waals surface area contributed by atoms with Crippen LogP contribution in [-0.4, -0.2) is 30.0 Å². The van der Waals surface area contributed by atoms with Crippen LogP contribution >= 0.6 is 0 Å². The summed E-state index contributed by atoms with van der Waals surface area (Å²) in [4.78, 5) is 23.2. The molecule has 5 rings (SSSR count). The van der Waals surface area contributed by atoms with Gasteiger partial charge < -0.3 is 19.6 Å². The molecule has 4 saturated carbocycles. The minimum absolute atomic E-state index is 0.192. The minimum Gasteiger partial charge on any atom is -0.453 e. The third kappa shape index (κ3) is 3.08. The van der Waals surface area contributed by atoms with Crippen LogP contribution in [0.4, 0.5) is 4.79 Å². The fourth-order valence-electron chi connectivity index (χ4n) is 8.68. The molecule has 2 unspecified atom stereocenters. The van der Waals surface area contributed by atoms with Gasteiger partial charge in [0.2, 0.25) is 0 Å². The number of fused-ring (bicyclic) bond motifs is 5. The molecule has 6 heteroatoms. The van der Waals surface area contributed by atoms with E-state index in [1.165, 1.54) is 13.2 Å². The zero-order chi connectivity index (χ0) is 22.7. The maximum Gasteiger partial charge on any atom is 0.407 e. The highest BCUT2D eigenvalue weighted by atomic mass is 16.5. The molecule has 176 valence electrons. The Morgan fingerprint density at radius 2 is 1.91 bits per heavy atom. The number of hydrogen-bond donors (Lipinski definition) is 2. The average Bonchev–Trinajstić information content (AvgIpc) is 3.06. The van der Waals surface area contributed by atoms with Gasteiger partial charge in [-0.3, -0.25) is 0 Å². The molecule has 1 aromatic heterocycles. The SMILES string of the molecule is COC(=O)N[C@H]1CC[C@@]2(C)C(CC[C@@H]3C2CC[C@]2(C)[C@@H](c4ccc(=O)oc4)CC[C@]32O)C1. The van der Waals surface area contributed by atoms with Gasteiger partial charge in [0, 0.05) is 17.5 Å². The molecule has 8 atom stereocenters. The third-order valence-electron chi connectivity index (χ3n) is 10.5. The lowest BCUT2D eigenvalue weighted by Gasteiger charge is -2.63. The lowest BCUT2D eigenvalue weighted by Crippen LogP contribution is -2.62. The van der Waals surface area contributed by atoms with Gasteiger partial charge in [-0.25, -0.2) is 9.59 Å². The minimum atomic E-state index is -0.675. The van der Waals surface area contributed by atoms with Gasteiger partial charge in [0.05, 0.1) is 19.0 Å². The molecule has 1 amide bonds. The van der Waals surface area contributed by atoms with Gasteiger partial charge in [0.1, 0.15) is 0 Å². The number of ether oxygens (including phenoxy) is 1. The molecule has 4 aliphatic rings. The van der Waals surface area contributed by atoms with E-state index in [0.717, 1.165) is 63.4 Å². The zero-order valence-corrected chi connectivity index (χ0v) is 19.6. The highest BCUT2D eigenvalue weighted by Crippen LogP contribution is 2.70. The Morgan fingerprint density at radius 1 is 1.09 bits per heavy atom. The van der Waals surface area contributed by atoms with E-state index in [1.54, 1.807) is 6.26 Å². The van der Waals surface area contributed by atoms with E-state index in [9.17, 15) is 14.7 Å². The first-order chi connectivity index (χ1) is 15.2. The topological polar surface area (TPSA) is 88.8 Å². The van der Waals surface area contributed by atoms with Crippen LogP contribution in [0.3, 0.4) is 0 Å². The van der Waals surface area contributed by atoms with Crippen LogP contribution in [0.5, 0.6) is 0 Å². The summed E-state index contributed by atoms with van der Waals surface area (Å²) < 4.78 is 10.0. The van der Waals surface area contributed by atoms with Crippen LogP contribution in [0, 0.1) is 28.6 Å². The first kappa shape index (κ1) is 22.0. The molecular weight excluding hydrogens is 406 g/mol. The predicted octanol–water partition coefficient (Wildman–Crippen LogP) is 4.61. The average molecular weight is 444 g/mol. The van der Waals surface area contributed by atoms with Gasteiger partial charge in [-0.15, -0.1) is 0 Å². The number of nitrogens with one attached hydrogen (secondary N) is 1. The Balaban J connectivity index is 1.39. The standard InChI is InChI=1S/C26H37NO5/c1-24-11-8-18(27-23(29)31-3)14-17(24)5-6-21-20(24)9-12-25(2)19(10-13-26(21,25)30)16-4-7-22(28)32-15-16/h4,7,15,17-21,30H,5-6,8-14H2,1-3H3,(H,27,29)/t17?,18-,19+,20?,21+,24-,25+,26-/m0/s1. The van der Waals surface area contributed by atoms with Crippen molar-refractivity contribution in [2.75, 3.05) is 7.11 Å². The number of rotatable bonds is 2. The summed E-state index contributed by atoms with van der Waals surface area (Å²) in [6.07, 6.45) is 10.4.